The molecule has 1 N–H and O–H groups in total. The maximum absolute atomic E-state index is 6.25. The van der Waals surface area contributed by atoms with Crippen molar-refractivity contribution in [2.45, 2.75) is 52.1 Å². The number of halogens is 1. The van der Waals surface area contributed by atoms with Gasteiger partial charge in [0.05, 0.1) is 0 Å². The van der Waals surface area contributed by atoms with Gasteiger partial charge in [-0.1, -0.05) is 43.6 Å². The van der Waals surface area contributed by atoms with Crippen molar-refractivity contribution < 1.29 is 0 Å². The van der Waals surface area contributed by atoms with Gasteiger partial charge in [-0.3, -0.25) is 0 Å². The predicted molar refractivity (Wildman–Crippen MR) is 79.0 cm³/mol. The van der Waals surface area contributed by atoms with E-state index in [0.717, 1.165) is 16.9 Å². The molecule has 2 rings (SSSR count). The fourth-order valence-electron chi connectivity index (χ4n) is 3.35. The van der Waals surface area contributed by atoms with Gasteiger partial charge in [0.25, 0.3) is 0 Å². The zero-order valence-electron chi connectivity index (χ0n) is 11.6. The Kier molecular flexibility index (Phi) is 4.69. The Bertz CT molecular complexity index is 380. The average Bonchev–Trinajstić information content (AvgIpc) is 2.27. The van der Waals surface area contributed by atoms with Crippen LogP contribution in [0.5, 0.6) is 0 Å². The second-order valence-corrected chi connectivity index (χ2v) is 6.43. The molecule has 1 aromatic carbocycles. The van der Waals surface area contributed by atoms with E-state index in [0.29, 0.717) is 12.1 Å². The van der Waals surface area contributed by atoms with Crippen LogP contribution in [0.15, 0.2) is 24.3 Å². The Balaban J connectivity index is 1.99. The molecule has 0 saturated heterocycles. The molecule has 18 heavy (non-hydrogen) atoms. The number of benzene rings is 1. The monoisotopic (exact) mass is 265 g/mol. The standard InChI is InChI=1S/C16H24ClN/c1-11-8-12(2)10-14(9-11)18-13(3)15-6-4-5-7-16(15)17/h4-7,11-14,18H,8-10H2,1-3H3. The van der Waals surface area contributed by atoms with Crippen molar-refractivity contribution in [3.05, 3.63) is 34.9 Å². The lowest BCUT2D eigenvalue weighted by Crippen LogP contribution is -2.37. The highest BCUT2D eigenvalue weighted by Crippen LogP contribution is 2.31. The van der Waals surface area contributed by atoms with Gasteiger partial charge in [-0.15, -0.1) is 0 Å². The van der Waals surface area contributed by atoms with E-state index in [2.05, 4.69) is 38.2 Å². The molecule has 3 unspecified atom stereocenters. The van der Waals surface area contributed by atoms with Gasteiger partial charge >= 0.3 is 0 Å². The molecule has 0 heterocycles. The fraction of sp³-hybridized carbons (Fsp3) is 0.625. The second-order valence-electron chi connectivity index (χ2n) is 6.02. The first-order valence-electron chi connectivity index (χ1n) is 7.06. The second kappa shape index (κ2) is 6.08. The van der Waals surface area contributed by atoms with Crippen LogP contribution in [0.3, 0.4) is 0 Å². The Hall–Kier alpha value is -0.530. The van der Waals surface area contributed by atoms with Crippen molar-refractivity contribution >= 4 is 11.6 Å². The summed E-state index contributed by atoms with van der Waals surface area (Å²) >= 11 is 6.25. The quantitative estimate of drug-likeness (QED) is 0.827. The van der Waals surface area contributed by atoms with Crippen LogP contribution in [0.2, 0.25) is 5.02 Å². The maximum Gasteiger partial charge on any atom is 0.0453 e. The molecule has 1 aliphatic rings. The summed E-state index contributed by atoms with van der Waals surface area (Å²) in [6.45, 7) is 6.94. The largest absolute Gasteiger partial charge is 0.307 e. The van der Waals surface area contributed by atoms with Gasteiger partial charge in [-0.2, -0.15) is 0 Å². The van der Waals surface area contributed by atoms with E-state index < -0.39 is 0 Å². The predicted octanol–water partition coefficient (Wildman–Crippen LogP) is 4.82. The van der Waals surface area contributed by atoms with Crippen molar-refractivity contribution in [1.82, 2.24) is 5.32 Å². The van der Waals surface area contributed by atoms with E-state index in [4.69, 9.17) is 11.6 Å². The molecular weight excluding hydrogens is 242 g/mol. The number of rotatable bonds is 3. The third kappa shape index (κ3) is 3.49. The van der Waals surface area contributed by atoms with Crippen molar-refractivity contribution in [3.8, 4) is 0 Å². The van der Waals surface area contributed by atoms with Crippen LogP contribution in [0.25, 0.3) is 0 Å². The summed E-state index contributed by atoms with van der Waals surface area (Å²) in [6.07, 6.45) is 3.96. The lowest BCUT2D eigenvalue weighted by molar-refractivity contribution is 0.228. The topological polar surface area (TPSA) is 12.0 Å². The zero-order chi connectivity index (χ0) is 13.1. The molecule has 0 bridgehead atoms. The van der Waals surface area contributed by atoms with Crippen LogP contribution in [-0.4, -0.2) is 6.04 Å². The first kappa shape index (κ1) is 13.9. The van der Waals surface area contributed by atoms with Gasteiger partial charge in [0.2, 0.25) is 0 Å². The Morgan fingerprint density at radius 3 is 2.33 bits per heavy atom. The summed E-state index contributed by atoms with van der Waals surface area (Å²) in [6, 6.07) is 9.11. The minimum atomic E-state index is 0.334. The van der Waals surface area contributed by atoms with Crippen LogP contribution < -0.4 is 5.32 Å². The third-order valence-corrected chi connectivity index (χ3v) is 4.38. The normalized spacial score (nSPS) is 30.1. The molecular formula is C16H24ClN. The molecule has 1 nitrogen and oxygen atoms in total. The smallest absolute Gasteiger partial charge is 0.0453 e. The molecule has 2 heteroatoms. The lowest BCUT2D eigenvalue weighted by Gasteiger charge is -2.34. The fourth-order valence-corrected chi connectivity index (χ4v) is 3.65. The van der Waals surface area contributed by atoms with E-state index in [1.54, 1.807) is 0 Å². The Labute approximate surface area is 116 Å². The molecule has 0 radical (unpaired) electrons. The van der Waals surface area contributed by atoms with Gasteiger partial charge in [-0.25, -0.2) is 0 Å². The summed E-state index contributed by atoms with van der Waals surface area (Å²) in [5.74, 6) is 1.68. The van der Waals surface area contributed by atoms with Gasteiger partial charge in [-0.05, 0) is 49.7 Å². The van der Waals surface area contributed by atoms with Crippen LogP contribution >= 0.6 is 11.6 Å². The highest BCUT2D eigenvalue weighted by Gasteiger charge is 2.25. The zero-order valence-corrected chi connectivity index (χ0v) is 12.4. The first-order valence-corrected chi connectivity index (χ1v) is 7.44. The van der Waals surface area contributed by atoms with Crippen LogP contribution in [0, 0.1) is 11.8 Å². The molecule has 1 fully saturated rings. The van der Waals surface area contributed by atoms with Crippen molar-refractivity contribution in [3.63, 3.8) is 0 Å². The molecule has 100 valence electrons. The summed E-state index contributed by atoms with van der Waals surface area (Å²) in [4.78, 5) is 0. The molecule has 1 aliphatic carbocycles. The molecule has 3 atom stereocenters. The van der Waals surface area contributed by atoms with Crippen LogP contribution in [-0.2, 0) is 0 Å². The number of hydrogen-bond acceptors (Lipinski definition) is 1. The summed E-state index contributed by atoms with van der Waals surface area (Å²) in [5, 5.41) is 4.62. The first-order chi connectivity index (χ1) is 8.56. The molecule has 0 aliphatic heterocycles. The maximum atomic E-state index is 6.25. The highest BCUT2D eigenvalue weighted by atomic mass is 35.5. The Morgan fingerprint density at radius 2 is 1.72 bits per heavy atom. The molecule has 1 saturated carbocycles. The average molecular weight is 266 g/mol. The van der Waals surface area contributed by atoms with Gasteiger partial charge in [0.15, 0.2) is 0 Å². The van der Waals surface area contributed by atoms with Gasteiger partial charge in [0.1, 0.15) is 0 Å². The van der Waals surface area contributed by atoms with E-state index in [1.807, 2.05) is 12.1 Å². The number of hydrogen-bond donors (Lipinski definition) is 1. The van der Waals surface area contributed by atoms with E-state index >= 15 is 0 Å². The molecule has 0 amide bonds. The molecule has 0 spiro atoms. The Morgan fingerprint density at radius 1 is 1.11 bits per heavy atom. The van der Waals surface area contributed by atoms with Crippen molar-refractivity contribution in [1.29, 1.82) is 0 Å². The van der Waals surface area contributed by atoms with Crippen molar-refractivity contribution in [2.75, 3.05) is 0 Å². The molecule has 1 aromatic rings. The summed E-state index contributed by atoms with van der Waals surface area (Å²) in [7, 11) is 0. The van der Waals surface area contributed by atoms with Crippen LogP contribution in [0.1, 0.15) is 51.6 Å². The lowest BCUT2D eigenvalue weighted by atomic mass is 9.80. The molecule has 0 aromatic heterocycles. The van der Waals surface area contributed by atoms with Gasteiger partial charge in [0, 0.05) is 17.1 Å². The summed E-state index contributed by atoms with van der Waals surface area (Å²) < 4.78 is 0. The highest BCUT2D eigenvalue weighted by molar-refractivity contribution is 6.31. The minimum absolute atomic E-state index is 0.334. The SMILES string of the molecule is CC1CC(C)CC(NC(C)c2ccccc2Cl)C1. The summed E-state index contributed by atoms with van der Waals surface area (Å²) in [5.41, 5.74) is 1.21. The minimum Gasteiger partial charge on any atom is -0.307 e. The van der Waals surface area contributed by atoms with Gasteiger partial charge < -0.3 is 5.32 Å². The third-order valence-electron chi connectivity index (χ3n) is 4.04. The van der Waals surface area contributed by atoms with E-state index in [9.17, 15) is 0 Å². The van der Waals surface area contributed by atoms with E-state index in [-0.39, 0.29) is 0 Å². The van der Waals surface area contributed by atoms with Crippen molar-refractivity contribution in [2.24, 2.45) is 11.8 Å². The van der Waals surface area contributed by atoms with E-state index in [1.165, 1.54) is 24.8 Å². The number of nitrogens with one attached hydrogen (secondary N) is 1. The van der Waals surface area contributed by atoms with Crippen LogP contribution in [0.4, 0.5) is 0 Å².